The molecule has 86 valence electrons. The minimum absolute atomic E-state index is 0.0356. The number of nitrogens with one attached hydrogen (secondary N) is 1. The third-order valence-corrected chi connectivity index (χ3v) is 3.79. The molecule has 4 nitrogen and oxygen atoms in total. The fraction of sp³-hybridized carbons (Fsp3) is 0.364. The number of thiophene rings is 1. The molecule has 2 N–H and O–H groups in total. The topological polar surface area (TPSA) is 58.0 Å². The lowest BCUT2D eigenvalue weighted by Crippen LogP contribution is -2.11. The number of hydrogen-bond acceptors (Lipinski definition) is 3. The van der Waals surface area contributed by atoms with Crippen LogP contribution < -0.4 is 5.69 Å². The van der Waals surface area contributed by atoms with Gasteiger partial charge in [-0.05, 0) is 17.4 Å². The maximum absolute atomic E-state index is 11.3. The van der Waals surface area contributed by atoms with Crippen LogP contribution in [0.1, 0.15) is 23.4 Å². The molecule has 0 aromatic carbocycles. The monoisotopic (exact) mass is 238 g/mol. The van der Waals surface area contributed by atoms with Crippen molar-refractivity contribution in [3.05, 3.63) is 38.6 Å². The predicted octanol–water partition coefficient (Wildman–Crippen LogP) is 1.83. The quantitative estimate of drug-likeness (QED) is 0.857. The first kappa shape index (κ1) is 11.0. The molecule has 0 amide bonds. The van der Waals surface area contributed by atoms with Gasteiger partial charge in [0.15, 0.2) is 0 Å². The van der Waals surface area contributed by atoms with E-state index in [0.717, 1.165) is 0 Å². The Balaban J connectivity index is 2.21. The van der Waals surface area contributed by atoms with Gasteiger partial charge in [-0.3, -0.25) is 4.57 Å². The molecule has 2 aromatic heterocycles. The molecule has 0 bridgehead atoms. The normalized spacial score (nSPS) is 12.9. The van der Waals surface area contributed by atoms with E-state index in [1.807, 2.05) is 11.4 Å². The smallest absolute Gasteiger partial charge is 0.328 e. The Kier molecular flexibility index (Phi) is 2.87. The van der Waals surface area contributed by atoms with Crippen LogP contribution in [0.2, 0.25) is 0 Å². The van der Waals surface area contributed by atoms with Gasteiger partial charge in [0.1, 0.15) is 0 Å². The second-order valence-corrected chi connectivity index (χ2v) is 4.89. The Hall–Kier alpha value is -1.49. The summed E-state index contributed by atoms with van der Waals surface area (Å²) in [5, 5.41) is 11.7. The summed E-state index contributed by atoms with van der Waals surface area (Å²) in [6.07, 6.45) is 0.641. The highest BCUT2D eigenvalue weighted by Crippen LogP contribution is 2.26. The fourth-order valence-electron chi connectivity index (χ4n) is 1.69. The average Bonchev–Trinajstić information content (AvgIpc) is 2.85. The average molecular weight is 238 g/mol. The summed E-state index contributed by atoms with van der Waals surface area (Å²) in [6.45, 7) is 2.08. The summed E-state index contributed by atoms with van der Waals surface area (Å²) in [4.78, 5) is 15.2. The highest BCUT2D eigenvalue weighted by molar-refractivity contribution is 7.10. The van der Waals surface area contributed by atoms with E-state index in [2.05, 4.69) is 18.0 Å². The van der Waals surface area contributed by atoms with Gasteiger partial charge >= 0.3 is 5.69 Å². The Labute approximate surface area is 97.2 Å². The Morgan fingerprint density at radius 2 is 2.38 bits per heavy atom. The SMILES string of the molecule is CC(Cc1[nH]c(=O)n(C)c1O)c1cccs1. The van der Waals surface area contributed by atoms with Gasteiger partial charge < -0.3 is 10.1 Å². The number of nitrogens with zero attached hydrogens (tertiary/aromatic N) is 1. The van der Waals surface area contributed by atoms with Gasteiger partial charge in [0, 0.05) is 18.3 Å². The number of aromatic nitrogens is 2. The molecular formula is C11H14N2O2S. The minimum Gasteiger partial charge on any atom is -0.493 e. The number of aromatic amines is 1. The molecule has 2 rings (SSSR count). The van der Waals surface area contributed by atoms with Crippen molar-refractivity contribution in [1.82, 2.24) is 9.55 Å². The van der Waals surface area contributed by atoms with Crippen molar-refractivity contribution in [2.24, 2.45) is 7.05 Å². The third-order valence-electron chi connectivity index (χ3n) is 2.69. The fourth-order valence-corrected chi connectivity index (χ4v) is 2.48. The Morgan fingerprint density at radius 3 is 2.88 bits per heavy atom. The van der Waals surface area contributed by atoms with Gasteiger partial charge in [-0.15, -0.1) is 11.3 Å². The molecule has 0 aliphatic carbocycles. The molecule has 0 saturated carbocycles. The van der Waals surface area contributed by atoms with Crippen molar-refractivity contribution in [3.8, 4) is 5.88 Å². The summed E-state index contributed by atoms with van der Waals surface area (Å²) in [5.41, 5.74) is 0.333. The molecular weight excluding hydrogens is 224 g/mol. The second kappa shape index (κ2) is 4.17. The zero-order valence-electron chi connectivity index (χ0n) is 9.23. The van der Waals surface area contributed by atoms with Crippen molar-refractivity contribution in [2.45, 2.75) is 19.3 Å². The zero-order chi connectivity index (χ0) is 11.7. The van der Waals surface area contributed by atoms with E-state index in [0.29, 0.717) is 18.0 Å². The maximum Gasteiger partial charge on any atom is 0.328 e. The molecule has 0 fully saturated rings. The third kappa shape index (κ3) is 1.90. The van der Waals surface area contributed by atoms with E-state index in [4.69, 9.17) is 0 Å². The molecule has 0 radical (unpaired) electrons. The summed E-state index contributed by atoms with van der Waals surface area (Å²) in [6, 6.07) is 4.07. The van der Waals surface area contributed by atoms with Crippen LogP contribution in [0.4, 0.5) is 0 Å². The lowest BCUT2D eigenvalue weighted by atomic mass is 10.0. The predicted molar refractivity (Wildman–Crippen MR) is 64.1 cm³/mol. The second-order valence-electron chi connectivity index (χ2n) is 3.91. The summed E-state index contributed by atoms with van der Waals surface area (Å²) < 4.78 is 1.22. The first-order valence-corrected chi connectivity index (χ1v) is 5.97. The summed E-state index contributed by atoms with van der Waals surface area (Å²) in [7, 11) is 1.55. The van der Waals surface area contributed by atoms with Gasteiger partial charge in [0.2, 0.25) is 5.88 Å². The number of H-pyrrole nitrogens is 1. The molecule has 16 heavy (non-hydrogen) atoms. The Bertz CT molecular complexity index is 525. The van der Waals surface area contributed by atoms with E-state index in [-0.39, 0.29) is 11.6 Å². The van der Waals surface area contributed by atoms with E-state index in [1.165, 1.54) is 9.44 Å². The van der Waals surface area contributed by atoms with Crippen LogP contribution in [0, 0.1) is 0 Å². The van der Waals surface area contributed by atoms with Crippen LogP contribution in [-0.2, 0) is 13.5 Å². The molecule has 2 aromatic rings. The van der Waals surface area contributed by atoms with Gasteiger partial charge in [0.25, 0.3) is 0 Å². The van der Waals surface area contributed by atoms with Gasteiger partial charge in [-0.1, -0.05) is 13.0 Å². The van der Waals surface area contributed by atoms with Gasteiger partial charge in [0.05, 0.1) is 5.69 Å². The van der Waals surface area contributed by atoms with Crippen LogP contribution >= 0.6 is 11.3 Å². The van der Waals surface area contributed by atoms with Gasteiger partial charge in [-0.2, -0.15) is 0 Å². The molecule has 0 aliphatic heterocycles. The van der Waals surface area contributed by atoms with Crippen LogP contribution in [-0.4, -0.2) is 14.7 Å². The van der Waals surface area contributed by atoms with Crippen LogP contribution in [0.5, 0.6) is 5.88 Å². The number of aromatic hydroxyl groups is 1. The van der Waals surface area contributed by atoms with Crippen molar-refractivity contribution >= 4 is 11.3 Å². The first-order chi connectivity index (χ1) is 7.59. The van der Waals surface area contributed by atoms with Crippen LogP contribution in [0.15, 0.2) is 22.3 Å². The van der Waals surface area contributed by atoms with E-state index in [1.54, 1.807) is 18.4 Å². The number of rotatable bonds is 3. The summed E-state index contributed by atoms with van der Waals surface area (Å²) >= 11 is 1.69. The van der Waals surface area contributed by atoms with Crippen LogP contribution in [0.25, 0.3) is 0 Å². The molecule has 2 heterocycles. The molecule has 1 atom stereocenters. The first-order valence-electron chi connectivity index (χ1n) is 5.10. The lowest BCUT2D eigenvalue weighted by molar-refractivity contribution is 0.422. The highest BCUT2D eigenvalue weighted by atomic mass is 32.1. The maximum atomic E-state index is 11.3. The lowest BCUT2D eigenvalue weighted by Gasteiger charge is -2.07. The van der Waals surface area contributed by atoms with Crippen molar-refractivity contribution in [3.63, 3.8) is 0 Å². The zero-order valence-corrected chi connectivity index (χ0v) is 10.0. The molecule has 5 heteroatoms. The van der Waals surface area contributed by atoms with E-state index < -0.39 is 0 Å². The number of imidazole rings is 1. The largest absolute Gasteiger partial charge is 0.493 e. The van der Waals surface area contributed by atoms with Crippen molar-refractivity contribution in [1.29, 1.82) is 0 Å². The molecule has 1 unspecified atom stereocenters. The highest BCUT2D eigenvalue weighted by Gasteiger charge is 2.14. The molecule has 0 aliphatic rings. The Morgan fingerprint density at radius 1 is 1.62 bits per heavy atom. The molecule has 0 spiro atoms. The summed E-state index contributed by atoms with van der Waals surface area (Å²) in [5.74, 6) is 0.331. The van der Waals surface area contributed by atoms with Crippen LogP contribution in [0.3, 0.4) is 0 Å². The van der Waals surface area contributed by atoms with Crippen molar-refractivity contribution < 1.29 is 5.11 Å². The van der Waals surface area contributed by atoms with E-state index in [9.17, 15) is 9.90 Å². The minimum atomic E-state index is -0.272. The van der Waals surface area contributed by atoms with Crippen molar-refractivity contribution in [2.75, 3.05) is 0 Å². The number of hydrogen-bond donors (Lipinski definition) is 2. The van der Waals surface area contributed by atoms with Gasteiger partial charge in [-0.25, -0.2) is 4.79 Å². The molecule has 0 saturated heterocycles. The van der Waals surface area contributed by atoms with E-state index >= 15 is 0 Å². The standard InChI is InChI=1S/C11H14N2O2S/c1-7(9-4-3-5-16-9)6-8-10(14)13(2)11(15)12-8/h3-5,7,14H,6H2,1-2H3,(H,12,15).